The summed E-state index contributed by atoms with van der Waals surface area (Å²) in [7, 11) is 3.32. The van der Waals surface area contributed by atoms with Gasteiger partial charge in [-0.05, 0) is 31.0 Å². The molecule has 0 spiro atoms. The lowest BCUT2D eigenvalue weighted by molar-refractivity contribution is 0.0516. The molecule has 33 heavy (non-hydrogen) atoms. The van der Waals surface area contributed by atoms with Gasteiger partial charge >= 0.3 is 5.97 Å². The molecule has 1 aromatic carbocycles. The van der Waals surface area contributed by atoms with Gasteiger partial charge in [0.2, 0.25) is 0 Å². The highest BCUT2D eigenvalue weighted by atomic mass is 35.5. The molecule has 0 saturated heterocycles. The number of halogens is 1. The van der Waals surface area contributed by atoms with E-state index in [-0.39, 0.29) is 29.1 Å². The number of ether oxygens (including phenoxy) is 4. The van der Waals surface area contributed by atoms with Crippen LogP contribution in [0.3, 0.4) is 0 Å². The molecule has 0 amide bonds. The minimum atomic E-state index is -0.621. The normalized spacial score (nSPS) is 15.0. The Morgan fingerprint density at radius 2 is 1.94 bits per heavy atom. The summed E-state index contributed by atoms with van der Waals surface area (Å²) in [5.74, 6) is -0.0153. The fourth-order valence-corrected chi connectivity index (χ4v) is 4.53. The van der Waals surface area contributed by atoms with Gasteiger partial charge in [-0.25, -0.2) is 4.79 Å². The van der Waals surface area contributed by atoms with Crippen LogP contribution in [0.2, 0.25) is 5.02 Å². The lowest BCUT2D eigenvalue weighted by atomic mass is 9.78. The molecule has 0 aliphatic carbocycles. The third-order valence-electron chi connectivity index (χ3n) is 5.93. The van der Waals surface area contributed by atoms with Crippen molar-refractivity contribution in [2.45, 2.75) is 39.7 Å². The first-order valence-corrected chi connectivity index (χ1v) is 11.5. The zero-order chi connectivity index (χ0) is 24.2. The van der Waals surface area contributed by atoms with Crippen LogP contribution >= 0.6 is 11.6 Å². The van der Waals surface area contributed by atoms with E-state index in [1.807, 2.05) is 16.7 Å². The molecule has 7 nitrogen and oxygen atoms in total. The maximum absolute atomic E-state index is 12.8. The highest BCUT2D eigenvalue weighted by molar-refractivity contribution is 6.32. The number of hydrogen-bond donors (Lipinski definition) is 0. The largest absolute Gasteiger partial charge is 0.492 e. The Bertz CT molecular complexity index is 1060. The fraction of sp³-hybridized carbons (Fsp3) is 0.520. The van der Waals surface area contributed by atoms with Gasteiger partial charge in [0.25, 0.3) is 0 Å². The van der Waals surface area contributed by atoms with E-state index in [1.165, 1.54) is 6.07 Å². The molecular weight excluding hydrogens is 446 g/mol. The SMILES string of the molecule is CCOC(=O)c1cn2c(cc1=O)-c1cc(Cl)c(OCCCOC)cc1CC2C(C)(C)COC. The van der Waals surface area contributed by atoms with Gasteiger partial charge in [-0.3, -0.25) is 4.79 Å². The van der Waals surface area contributed by atoms with E-state index in [4.69, 9.17) is 30.5 Å². The number of carbonyl (C=O) groups is 1. The summed E-state index contributed by atoms with van der Waals surface area (Å²) in [5.41, 5.74) is 1.93. The molecule has 0 radical (unpaired) electrons. The van der Waals surface area contributed by atoms with Crippen LogP contribution in [-0.4, -0.2) is 51.2 Å². The molecule has 1 aromatic heterocycles. The molecular formula is C25H32ClNO6. The number of pyridine rings is 1. The molecule has 1 unspecified atom stereocenters. The fourth-order valence-electron chi connectivity index (χ4n) is 4.31. The van der Waals surface area contributed by atoms with E-state index in [0.29, 0.717) is 42.7 Å². The first-order chi connectivity index (χ1) is 15.7. The van der Waals surface area contributed by atoms with Gasteiger partial charge in [0.05, 0.1) is 30.5 Å². The Labute approximate surface area is 199 Å². The average molecular weight is 478 g/mol. The Morgan fingerprint density at radius 3 is 2.61 bits per heavy atom. The van der Waals surface area contributed by atoms with Gasteiger partial charge in [0, 0.05) is 56.5 Å². The second-order valence-electron chi connectivity index (χ2n) is 8.84. The Hall–Kier alpha value is -2.35. The quantitative estimate of drug-likeness (QED) is 0.369. The van der Waals surface area contributed by atoms with Crippen LogP contribution in [0.1, 0.15) is 49.2 Å². The molecule has 0 bridgehead atoms. The Balaban J connectivity index is 2.12. The van der Waals surface area contributed by atoms with Gasteiger partial charge in [-0.1, -0.05) is 25.4 Å². The molecule has 0 N–H and O–H groups in total. The van der Waals surface area contributed by atoms with Crippen molar-refractivity contribution in [3.05, 3.63) is 50.8 Å². The van der Waals surface area contributed by atoms with Gasteiger partial charge < -0.3 is 23.5 Å². The molecule has 0 fully saturated rings. The predicted molar refractivity (Wildman–Crippen MR) is 127 cm³/mol. The number of carbonyl (C=O) groups excluding carboxylic acids is 1. The summed E-state index contributed by atoms with van der Waals surface area (Å²) in [6.45, 7) is 7.72. The van der Waals surface area contributed by atoms with Crippen molar-refractivity contribution in [1.29, 1.82) is 0 Å². The van der Waals surface area contributed by atoms with Crippen LogP contribution in [0, 0.1) is 5.41 Å². The molecule has 2 heterocycles. The van der Waals surface area contributed by atoms with Crippen LogP contribution in [0.4, 0.5) is 0 Å². The zero-order valence-electron chi connectivity index (χ0n) is 19.9. The van der Waals surface area contributed by atoms with Crippen LogP contribution in [0.15, 0.2) is 29.2 Å². The van der Waals surface area contributed by atoms with Crippen LogP contribution in [0.5, 0.6) is 5.75 Å². The number of aromatic nitrogens is 1. The monoisotopic (exact) mass is 477 g/mol. The molecule has 180 valence electrons. The second-order valence-corrected chi connectivity index (χ2v) is 9.25. The number of fused-ring (bicyclic) bond motifs is 3. The van der Waals surface area contributed by atoms with Crippen molar-refractivity contribution < 1.29 is 23.7 Å². The Morgan fingerprint density at radius 1 is 1.18 bits per heavy atom. The lowest BCUT2D eigenvalue weighted by Crippen LogP contribution is -2.37. The first kappa shape index (κ1) is 25.3. The minimum absolute atomic E-state index is 0.0199. The Kier molecular flexibility index (Phi) is 8.21. The van der Waals surface area contributed by atoms with Gasteiger partial charge in [-0.2, -0.15) is 0 Å². The van der Waals surface area contributed by atoms with Crippen LogP contribution < -0.4 is 10.2 Å². The van der Waals surface area contributed by atoms with Crippen molar-refractivity contribution in [2.24, 2.45) is 5.41 Å². The highest BCUT2D eigenvalue weighted by Gasteiger charge is 2.37. The first-order valence-electron chi connectivity index (χ1n) is 11.1. The standard InChI is InChI=1S/C25H32ClNO6/c1-6-32-24(29)18-14-27-20(13-21(18)28)17-12-19(26)22(33-9-7-8-30-4)10-16(17)11-23(27)25(2,3)15-31-5/h10,12-14,23H,6-9,11,15H2,1-5H3. The van der Waals surface area contributed by atoms with Crippen molar-refractivity contribution in [3.63, 3.8) is 0 Å². The van der Waals surface area contributed by atoms with E-state index in [9.17, 15) is 9.59 Å². The van der Waals surface area contributed by atoms with Gasteiger partial charge in [0.1, 0.15) is 11.3 Å². The van der Waals surface area contributed by atoms with Crippen molar-refractivity contribution in [3.8, 4) is 17.0 Å². The van der Waals surface area contributed by atoms with E-state index in [2.05, 4.69) is 13.8 Å². The summed E-state index contributed by atoms with van der Waals surface area (Å²) < 4.78 is 23.6. The number of hydrogen-bond acceptors (Lipinski definition) is 6. The van der Waals surface area contributed by atoms with Crippen molar-refractivity contribution >= 4 is 17.6 Å². The number of methoxy groups -OCH3 is 2. The molecule has 1 aliphatic rings. The average Bonchev–Trinajstić information content (AvgIpc) is 2.76. The van der Waals surface area contributed by atoms with Crippen LogP contribution in [0.25, 0.3) is 11.3 Å². The highest BCUT2D eigenvalue weighted by Crippen LogP contribution is 2.45. The smallest absolute Gasteiger partial charge is 0.343 e. The third-order valence-corrected chi connectivity index (χ3v) is 6.22. The number of esters is 1. The second kappa shape index (κ2) is 10.7. The van der Waals surface area contributed by atoms with E-state index < -0.39 is 5.97 Å². The maximum Gasteiger partial charge on any atom is 0.343 e. The van der Waals surface area contributed by atoms with E-state index in [1.54, 1.807) is 27.3 Å². The molecule has 1 aliphatic heterocycles. The minimum Gasteiger partial charge on any atom is -0.492 e. The van der Waals surface area contributed by atoms with Gasteiger partial charge in [0.15, 0.2) is 5.43 Å². The van der Waals surface area contributed by atoms with E-state index in [0.717, 1.165) is 17.5 Å². The van der Waals surface area contributed by atoms with Gasteiger partial charge in [-0.15, -0.1) is 0 Å². The summed E-state index contributed by atoms with van der Waals surface area (Å²) in [4.78, 5) is 25.3. The van der Waals surface area contributed by atoms with Crippen molar-refractivity contribution in [2.75, 3.05) is 40.6 Å². The van der Waals surface area contributed by atoms with E-state index >= 15 is 0 Å². The zero-order valence-corrected chi connectivity index (χ0v) is 20.7. The maximum atomic E-state index is 12.8. The third kappa shape index (κ3) is 5.42. The summed E-state index contributed by atoms with van der Waals surface area (Å²) in [6, 6.07) is 5.21. The number of benzene rings is 1. The summed E-state index contributed by atoms with van der Waals surface area (Å²) in [5, 5.41) is 0.467. The summed E-state index contributed by atoms with van der Waals surface area (Å²) in [6.07, 6.45) is 3.03. The van der Waals surface area contributed by atoms with Crippen LogP contribution in [-0.2, 0) is 20.6 Å². The molecule has 8 heteroatoms. The number of rotatable bonds is 10. The van der Waals surface area contributed by atoms with Crippen molar-refractivity contribution in [1.82, 2.24) is 4.57 Å². The number of nitrogens with zero attached hydrogens (tertiary/aromatic N) is 1. The molecule has 3 rings (SSSR count). The molecule has 2 aromatic rings. The topological polar surface area (TPSA) is 76.0 Å². The summed E-state index contributed by atoms with van der Waals surface area (Å²) >= 11 is 6.54. The lowest BCUT2D eigenvalue weighted by Gasteiger charge is -2.40. The molecule has 1 atom stereocenters. The molecule has 0 saturated carbocycles. The predicted octanol–water partition coefficient (Wildman–Crippen LogP) is 4.53.